The Morgan fingerprint density at radius 2 is 2.12 bits per heavy atom. The van der Waals surface area contributed by atoms with E-state index in [-0.39, 0.29) is 24.5 Å². The molecule has 0 saturated heterocycles. The van der Waals surface area contributed by atoms with E-state index in [1.54, 1.807) is 18.2 Å². The zero-order valence-corrected chi connectivity index (χ0v) is 11.1. The molecule has 0 fully saturated rings. The minimum absolute atomic E-state index is 0.0338. The van der Waals surface area contributed by atoms with Crippen molar-refractivity contribution in [3.05, 3.63) is 34.3 Å². The average molecular weight is 256 g/mol. The Balaban J connectivity index is 2.76. The summed E-state index contributed by atoms with van der Waals surface area (Å²) in [4.78, 5) is 12.0. The Morgan fingerprint density at radius 1 is 1.47 bits per heavy atom. The molecule has 3 nitrogen and oxygen atoms in total. The van der Waals surface area contributed by atoms with Crippen molar-refractivity contribution >= 4 is 17.5 Å². The van der Waals surface area contributed by atoms with Crippen LogP contribution in [0.15, 0.2) is 18.2 Å². The number of hydrogen-bond acceptors (Lipinski definition) is 2. The van der Waals surface area contributed by atoms with Crippen LogP contribution >= 0.6 is 11.6 Å². The fourth-order valence-corrected chi connectivity index (χ4v) is 1.69. The monoisotopic (exact) mass is 255 g/mol. The molecule has 0 heterocycles. The molecule has 2 atom stereocenters. The summed E-state index contributed by atoms with van der Waals surface area (Å²) in [5.74, 6) is -0.0986. The molecule has 1 amide bonds. The number of aryl methyl sites for hydroxylation is 1. The molecule has 0 aliphatic heterocycles. The van der Waals surface area contributed by atoms with Gasteiger partial charge in [0, 0.05) is 23.2 Å². The van der Waals surface area contributed by atoms with E-state index in [4.69, 9.17) is 16.7 Å². The van der Waals surface area contributed by atoms with Gasteiger partial charge in [0.25, 0.3) is 5.91 Å². The van der Waals surface area contributed by atoms with Crippen molar-refractivity contribution in [3.63, 3.8) is 0 Å². The highest BCUT2D eigenvalue weighted by molar-refractivity contribution is 6.30. The third-order valence-corrected chi connectivity index (χ3v) is 3.17. The van der Waals surface area contributed by atoms with Crippen molar-refractivity contribution < 1.29 is 9.90 Å². The summed E-state index contributed by atoms with van der Waals surface area (Å²) in [6.45, 7) is 5.67. The number of carbonyl (C=O) groups excluding carboxylic acids is 1. The van der Waals surface area contributed by atoms with Gasteiger partial charge in [-0.25, -0.2) is 0 Å². The van der Waals surface area contributed by atoms with Gasteiger partial charge in [0.05, 0.1) is 0 Å². The zero-order valence-electron chi connectivity index (χ0n) is 10.3. The second-order valence-electron chi connectivity index (χ2n) is 4.38. The number of halogens is 1. The molecular weight excluding hydrogens is 238 g/mol. The molecule has 0 aliphatic carbocycles. The number of nitrogens with one attached hydrogen (secondary N) is 1. The smallest absolute Gasteiger partial charge is 0.251 e. The molecule has 1 aromatic carbocycles. The van der Waals surface area contributed by atoms with E-state index in [9.17, 15) is 4.79 Å². The third-order valence-electron chi connectivity index (χ3n) is 2.93. The highest BCUT2D eigenvalue weighted by Crippen LogP contribution is 2.15. The van der Waals surface area contributed by atoms with Crippen LogP contribution in [0.3, 0.4) is 0 Å². The predicted octanol–water partition coefficient (Wildman–Crippen LogP) is 2.40. The Morgan fingerprint density at radius 3 is 2.65 bits per heavy atom. The van der Waals surface area contributed by atoms with Crippen LogP contribution in [-0.2, 0) is 0 Å². The maximum absolute atomic E-state index is 12.0. The maximum Gasteiger partial charge on any atom is 0.251 e. The maximum atomic E-state index is 12.0. The van der Waals surface area contributed by atoms with Gasteiger partial charge < -0.3 is 10.4 Å². The van der Waals surface area contributed by atoms with Gasteiger partial charge in [0.2, 0.25) is 0 Å². The van der Waals surface area contributed by atoms with Gasteiger partial charge >= 0.3 is 0 Å². The second kappa shape index (κ2) is 6.03. The van der Waals surface area contributed by atoms with Crippen molar-refractivity contribution in [2.75, 3.05) is 6.61 Å². The zero-order chi connectivity index (χ0) is 13.0. The van der Waals surface area contributed by atoms with Crippen molar-refractivity contribution in [2.24, 2.45) is 5.92 Å². The lowest BCUT2D eigenvalue weighted by atomic mass is 10.0. The number of aliphatic hydroxyl groups excluding tert-OH is 1. The van der Waals surface area contributed by atoms with Gasteiger partial charge in [-0.15, -0.1) is 0 Å². The van der Waals surface area contributed by atoms with Crippen LogP contribution in [0.4, 0.5) is 0 Å². The Hall–Kier alpha value is -1.06. The highest BCUT2D eigenvalue weighted by atomic mass is 35.5. The molecule has 0 bridgehead atoms. The molecule has 4 heteroatoms. The number of benzene rings is 1. The van der Waals surface area contributed by atoms with Crippen LogP contribution in [-0.4, -0.2) is 23.7 Å². The number of carbonyl (C=O) groups is 1. The topological polar surface area (TPSA) is 49.3 Å². The van der Waals surface area contributed by atoms with E-state index in [1.165, 1.54) is 0 Å². The molecule has 0 unspecified atom stereocenters. The molecule has 17 heavy (non-hydrogen) atoms. The molecule has 1 aromatic rings. The second-order valence-corrected chi connectivity index (χ2v) is 4.82. The van der Waals surface area contributed by atoms with Crippen LogP contribution in [0.2, 0.25) is 5.02 Å². The van der Waals surface area contributed by atoms with E-state index in [0.29, 0.717) is 10.6 Å². The largest absolute Gasteiger partial charge is 0.396 e. The molecule has 94 valence electrons. The van der Waals surface area contributed by atoms with Crippen molar-refractivity contribution in [3.8, 4) is 0 Å². The van der Waals surface area contributed by atoms with Gasteiger partial charge in [-0.2, -0.15) is 0 Å². The molecule has 2 N–H and O–H groups in total. The first kappa shape index (κ1) is 14.0. The third kappa shape index (κ3) is 3.72. The van der Waals surface area contributed by atoms with Gasteiger partial charge in [-0.1, -0.05) is 18.5 Å². The van der Waals surface area contributed by atoms with E-state index in [0.717, 1.165) is 5.56 Å². The first-order chi connectivity index (χ1) is 7.95. The minimum atomic E-state index is -0.132. The van der Waals surface area contributed by atoms with Crippen LogP contribution in [0.1, 0.15) is 29.8 Å². The highest BCUT2D eigenvalue weighted by Gasteiger charge is 2.16. The van der Waals surface area contributed by atoms with E-state index in [1.807, 2.05) is 20.8 Å². The standard InChI is InChI=1S/C13H18ClNO2/c1-8-6-11(14)4-5-12(8)13(17)15-10(3)9(2)7-16/h4-6,9-10,16H,7H2,1-3H3,(H,15,17)/t9-,10+/m1/s1. The number of amides is 1. The van der Waals surface area contributed by atoms with Crippen LogP contribution in [0.25, 0.3) is 0 Å². The van der Waals surface area contributed by atoms with Crippen LogP contribution in [0.5, 0.6) is 0 Å². The summed E-state index contributed by atoms with van der Waals surface area (Å²) < 4.78 is 0. The Bertz CT molecular complexity index is 406. The number of aliphatic hydroxyl groups is 1. The number of hydrogen-bond donors (Lipinski definition) is 2. The fourth-order valence-electron chi connectivity index (χ4n) is 1.47. The van der Waals surface area contributed by atoms with Gasteiger partial charge in [-0.3, -0.25) is 4.79 Å². The average Bonchev–Trinajstić information content (AvgIpc) is 2.27. The van der Waals surface area contributed by atoms with Crippen molar-refractivity contribution in [1.82, 2.24) is 5.32 Å². The molecule has 1 rings (SSSR count). The fraction of sp³-hybridized carbons (Fsp3) is 0.462. The van der Waals surface area contributed by atoms with E-state index in [2.05, 4.69) is 5.32 Å². The van der Waals surface area contributed by atoms with Crippen molar-refractivity contribution in [2.45, 2.75) is 26.8 Å². The molecular formula is C13H18ClNO2. The van der Waals surface area contributed by atoms with Crippen molar-refractivity contribution in [1.29, 1.82) is 0 Å². The van der Waals surface area contributed by atoms with Crippen LogP contribution < -0.4 is 5.32 Å². The quantitative estimate of drug-likeness (QED) is 0.868. The summed E-state index contributed by atoms with van der Waals surface area (Å²) in [7, 11) is 0. The van der Waals surface area contributed by atoms with Crippen LogP contribution in [0, 0.1) is 12.8 Å². The molecule has 0 spiro atoms. The molecule has 0 radical (unpaired) electrons. The summed E-state index contributed by atoms with van der Waals surface area (Å²) in [6.07, 6.45) is 0. The molecule has 0 aromatic heterocycles. The summed E-state index contributed by atoms with van der Waals surface area (Å²) >= 11 is 5.84. The Labute approximate surface area is 107 Å². The summed E-state index contributed by atoms with van der Waals surface area (Å²) in [5, 5.41) is 12.5. The normalized spacial score (nSPS) is 14.2. The molecule has 0 aliphatic rings. The van der Waals surface area contributed by atoms with Gasteiger partial charge in [0.1, 0.15) is 0 Å². The minimum Gasteiger partial charge on any atom is -0.396 e. The first-order valence-corrected chi connectivity index (χ1v) is 6.01. The SMILES string of the molecule is Cc1cc(Cl)ccc1C(=O)N[C@@H](C)[C@H](C)CO. The lowest BCUT2D eigenvalue weighted by molar-refractivity contribution is 0.0915. The molecule has 0 saturated carbocycles. The lowest BCUT2D eigenvalue weighted by Crippen LogP contribution is -2.38. The predicted molar refractivity (Wildman–Crippen MR) is 69.4 cm³/mol. The number of rotatable bonds is 4. The summed E-state index contributed by atoms with van der Waals surface area (Å²) in [6, 6.07) is 5.10. The van der Waals surface area contributed by atoms with Gasteiger partial charge in [0.15, 0.2) is 0 Å². The van der Waals surface area contributed by atoms with E-state index >= 15 is 0 Å². The van der Waals surface area contributed by atoms with E-state index < -0.39 is 0 Å². The van der Waals surface area contributed by atoms with Gasteiger partial charge in [-0.05, 0) is 43.5 Å². The lowest BCUT2D eigenvalue weighted by Gasteiger charge is -2.19. The Kier molecular flexibility index (Phi) is 4.97. The summed E-state index contributed by atoms with van der Waals surface area (Å²) in [5.41, 5.74) is 1.46. The first-order valence-electron chi connectivity index (χ1n) is 5.63.